The van der Waals surface area contributed by atoms with Gasteiger partial charge in [-0.15, -0.1) is 0 Å². The van der Waals surface area contributed by atoms with E-state index in [2.05, 4.69) is 81.2 Å². The van der Waals surface area contributed by atoms with Crippen molar-refractivity contribution >= 4 is 44.4 Å². The van der Waals surface area contributed by atoms with E-state index in [9.17, 15) is 4.79 Å². The van der Waals surface area contributed by atoms with E-state index in [1.54, 1.807) is 0 Å². The molecule has 2 N–H and O–H groups in total. The number of rotatable bonds is 7. The smallest absolute Gasteiger partial charge is 0.287 e. The van der Waals surface area contributed by atoms with E-state index < -0.39 is 0 Å². The highest BCUT2D eigenvalue weighted by Gasteiger charge is 2.12. The molecule has 0 aliphatic rings. The van der Waals surface area contributed by atoms with Crippen LogP contribution in [0.15, 0.2) is 66.7 Å². The summed E-state index contributed by atoms with van der Waals surface area (Å²) < 4.78 is 2.36. The van der Waals surface area contributed by atoms with Gasteiger partial charge >= 0.3 is 0 Å². The third kappa shape index (κ3) is 3.58. The van der Waals surface area contributed by atoms with E-state index in [0.29, 0.717) is 12.4 Å². The van der Waals surface area contributed by atoms with Crippen LogP contribution in [0.1, 0.15) is 24.0 Å². The number of nitrogens with zero attached hydrogens (tertiary/aromatic N) is 3. The molecule has 0 spiro atoms. The van der Waals surface area contributed by atoms with E-state index in [4.69, 9.17) is 0 Å². The zero-order valence-corrected chi connectivity index (χ0v) is 18.4. The third-order valence-corrected chi connectivity index (χ3v) is 6.07. The molecule has 5 rings (SSSR count). The van der Waals surface area contributed by atoms with Crippen LogP contribution >= 0.6 is 0 Å². The fourth-order valence-corrected chi connectivity index (χ4v) is 4.41. The van der Waals surface area contributed by atoms with E-state index in [1.807, 2.05) is 24.3 Å². The van der Waals surface area contributed by atoms with Crippen molar-refractivity contribution in [3.63, 3.8) is 0 Å². The molecule has 0 fully saturated rings. The summed E-state index contributed by atoms with van der Waals surface area (Å²) in [6.07, 6.45) is 0.844. The van der Waals surface area contributed by atoms with Crippen LogP contribution in [0.2, 0.25) is 0 Å². The second-order valence-electron chi connectivity index (χ2n) is 8.10. The van der Waals surface area contributed by atoms with Gasteiger partial charge in [-0.05, 0) is 49.7 Å². The number of hydrogen-bond acceptors (Lipinski definition) is 3. The zero-order valence-electron chi connectivity index (χ0n) is 18.4. The molecule has 32 heavy (non-hydrogen) atoms. The fraction of sp³-hybridized carbons (Fsp3) is 0.231. The number of para-hydroxylation sites is 3. The highest BCUT2D eigenvalue weighted by molar-refractivity contribution is 6.09. The molecule has 0 atom stereocenters. The molecule has 3 aromatic carbocycles. The summed E-state index contributed by atoms with van der Waals surface area (Å²) >= 11 is 0. The van der Waals surface area contributed by atoms with Gasteiger partial charge in [0.25, 0.3) is 5.91 Å². The highest BCUT2D eigenvalue weighted by atomic mass is 16.2. The Morgan fingerprint density at radius 1 is 1.03 bits per heavy atom. The number of imidazole rings is 1. The van der Waals surface area contributed by atoms with Gasteiger partial charge in [0.05, 0.1) is 11.0 Å². The van der Waals surface area contributed by atoms with E-state index in [-0.39, 0.29) is 5.91 Å². The maximum absolute atomic E-state index is 12.4. The Bertz CT molecular complexity index is 1380. The molecule has 0 saturated carbocycles. The lowest BCUT2D eigenvalue weighted by molar-refractivity contribution is 0.0944. The van der Waals surface area contributed by atoms with Gasteiger partial charge in [0, 0.05) is 54.2 Å². The monoisotopic (exact) mass is 425 g/mol. The van der Waals surface area contributed by atoms with Crippen LogP contribution in [0, 0.1) is 0 Å². The molecule has 162 valence electrons. The second-order valence-corrected chi connectivity index (χ2v) is 8.10. The van der Waals surface area contributed by atoms with Crippen molar-refractivity contribution in [3.05, 3.63) is 72.6 Å². The largest absolute Gasteiger partial charge is 0.375 e. The molecule has 1 amide bonds. The number of carbonyl (C=O) groups is 1. The molecule has 0 unspecified atom stereocenters. The number of amides is 1. The Kier molecular flexibility index (Phi) is 5.27. The number of aromatic nitrogens is 3. The van der Waals surface area contributed by atoms with Crippen LogP contribution in [0.25, 0.3) is 32.8 Å². The van der Waals surface area contributed by atoms with Crippen LogP contribution in [-0.4, -0.2) is 40.6 Å². The molecular formula is C26H27N5O. The average molecular weight is 426 g/mol. The van der Waals surface area contributed by atoms with E-state index in [0.717, 1.165) is 30.5 Å². The fourth-order valence-electron chi connectivity index (χ4n) is 4.41. The maximum Gasteiger partial charge on any atom is 0.287 e. The minimum absolute atomic E-state index is 0.169. The third-order valence-electron chi connectivity index (χ3n) is 6.07. The molecule has 0 bridgehead atoms. The molecule has 0 aliphatic heterocycles. The molecule has 0 aliphatic carbocycles. The number of hydrogen-bond donors (Lipinski definition) is 2. The first-order chi connectivity index (χ1) is 15.7. The first kappa shape index (κ1) is 20.1. The van der Waals surface area contributed by atoms with Crippen molar-refractivity contribution in [2.24, 2.45) is 0 Å². The van der Waals surface area contributed by atoms with Gasteiger partial charge in [0.2, 0.25) is 0 Å². The standard InChI is InChI=1S/C26H27N5O/c1-3-31-23-12-7-4-9-19(23)20-17-18(13-14-24(20)31)30(2)16-8-15-27-26(32)25-28-21-10-5-6-11-22(21)29-25/h4-7,9-14,17H,3,8,15-16H2,1-2H3,(H,27,32)(H,28,29). The summed E-state index contributed by atoms with van der Waals surface area (Å²) in [5, 5.41) is 5.54. The molecule has 2 heterocycles. The molecule has 0 saturated heterocycles. The lowest BCUT2D eigenvalue weighted by Gasteiger charge is -2.19. The van der Waals surface area contributed by atoms with Crippen LogP contribution in [0.4, 0.5) is 5.69 Å². The van der Waals surface area contributed by atoms with Crippen molar-refractivity contribution in [3.8, 4) is 0 Å². The van der Waals surface area contributed by atoms with Gasteiger partial charge in [0.1, 0.15) is 0 Å². The van der Waals surface area contributed by atoms with Crippen molar-refractivity contribution in [1.29, 1.82) is 0 Å². The minimum atomic E-state index is -0.169. The predicted molar refractivity (Wildman–Crippen MR) is 131 cm³/mol. The number of carbonyl (C=O) groups excluding carboxylic acids is 1. The summed E-state index contributed by atoms with van der Waals surface area (Å²) in [5.41, 5.74) is 5.40. The molecule has 2 aromatic heterocycles. The summed E-state index contributed by atoms with van der Waals surface area (Å²) in [6.45, 7) is 4.58. The molecule has 5 aromatic rings. The summed E-state index contributed by atoms with van der Waals surface area (Å²) in [7, 11) is 2.10. The number of aryl methyl sites for hydroxylation is 1. The Hall–Kier alpha value is -3.80. The first-order valence-corrected chi connectivity index (χ1v) is 11.1. The number of aromatic amines is 1. The summed E-state index contributed by atoms with van der Waals surface area (Å²) in [4.78, 5) is 22.1. The van der Waals surface area contributed by atoms with Gasteiger partial charge in [-0.25, -0.2) is 4.98 Å². The predicted octanol–water partition coefficient (Wildman–Crippen LogP) is 4.95. The van der Waals surface area contributed by atoms with Crippen molar-refractivity contribution in [1.82, 2.24) is 19.9 Å². The Morgan fingerprint density at radius 3 is 2.66 bits per heavy atom. The molecule has 6 heteroatoms. The normalized spacial score (nSPS) is 11.4. The van der Waals surface area contributed by atoms with E-state index in [1.165, 1.54) is 27.5 Å². The molecular weight excluding hydrogens is 398 g/mol. The lowest BCUT2D eigenvalue weighted by Crippen LogP contribution is -2.28. The number of H-pyrrole nitrogens is 1. The number of benzene rings is 3. The van der Waals surface area contributed by atoms with Crippen molar-refractivity contribution in [2.45, 2.75) is 19.9 Å². The van der Waals surface area contributed by atoms with Crippen molar-refractivity contribution in [2.75, 3.05) is 25.0 Å². The number of fused-ring (bicyclic) bond motifs is 4. The van der Waals surface area contributed by atoms with Gasteiger partial charge in [-0.3, -0.25) is 4.79 Å². The average Bonchev–Trinajstić information content (AvgIpc) is 3.40. The first-order valence-electron chi connectivity index (χ1n) is 11.1. The minimum Gasteiger partial charge on any atom is -0.375 e. The van der Waals surface area contributed by atoms with Gasteiger partial charge in [0.15, 0.2) is 5.82 Å². The Balaban J connectivity index is 1.23. The molecule has 0 radical (unpaired) electrons. The second kappa shape index (κ2) is 8.38. The van der Waals surface area contributed by atoms with Crippen LogP contribution in [0.3, 0.4) is 0 Å². The lowest BCUT2D eigenvalue weighted by atomic mass is 10.1. The Labute approximate surface area is 186 Å². The van der Waals surface area contributed by atoms with Crippen LogP contribution in [0.5, 0.6) is 0 Å². The van der Waals surface area contributed by atoms with Crippen molar-refractivity contribution < 1.29 is 4.79 Å². The topological polar surface area (TPSA) is 65.9 Å². The highest BCUT2D eigenvalue weighted by Crippen LogP contribution is 2.31. The number of anilines is 1. The van der Waals surface area contributed by atoms with Gasteiger partial charge < -0.3 is 19.8 Å². The van der Waals surface area contributed by atoms with E-state index >= 15 is 0 Å². The van der Waals surface area contributed by atoms with Crippen LogP contribution in [-0.2, 0) is 6.54 Å². The van der Waals surface area contributed by atoms with Crippen LogP contribution < -0.4 is 10.2 Å². The summed E-state index contributed by atoms with van der Waals surface area (Å²) in [6, 6.07) is 22.9. The summed E-state index contributed by atoms with van der Waals surface area (Å²) in [5.74, 6) is 0.190. The molecule has 6 nitrogen and oxygen atoms in total. The zero-order chi connectivity index (χ0) is 22.1. The Morgan fingerprint density at radius 2 is 1.81 bits per heavy atom. The SMILES string of the molecule is CCn1c2ccccc2c2cc(N(C)CCCNC(=O)c3nc4ccccc4[nH]3)ccc21. The van der Waals surface area contributed by atoms with Gasteiger partial charge in [-0.2, -0.15) is 0 Å². The maximum atomic E-state index is 12.4. The number of nitrogens with one attached hydrogen (secondary N) is 2. The van der Waals surface area contributed by atoms with Gasteiger partial charge in [-0.1, -0.05) is 30.3 Å². The quantitative estimate of drug-likeness (QED) is 0.363.